The highest BCUT2D eigenvalue weighted by Crippen LogP contribution is 2.27. The zero-order valence-electron chi connectivity index (χ0n) is 13.1. The van der Waals surface area contributed by atoms with Crippen LogP contribution in [0.1, 0.15) is 36.0 Å². The summed E-state index contributed by atoms with van der Waals surface area (Å²) < 4.78 is 0. The lowest BCUT2D eigenvalue weighted by Gasteiger charge is -2.38. The molecule has 2 aliphatic heterocycles. The fraction of sp³-hybridized carbons (Fsp3) is 0.529. The molecule has 23 heavy (non-hydrogen) atoms. The Morgan fingerprint density at radius 1 is 1.09 bits per heavy atom. The maximum atomic E-state index is 12.6. The van der Waals surface area contributed by atoms with E-state index in [-0.39, 0.29) is 17.9 Å². The van der Waals surface area contributed by atoms with Gasteiger partial charge in [-0.3, -0.25) is 14.5 Å². The molecule has 0 bridgehead atoms. The molecule has 2 N–H and O–H groups in total. The minimum absolute atomic E-state index is 0.0121. The van der Waals surface area contributed by atoms with Gasteiger partial charge in [0.15, 0.2) is 0 Å². The number of primary amides is 1. The largest absolute Gasteiger partial charge is 0.368 e. The van der Waals surface area contributed by atoms with Crippen molar-refractivity contribution in [2.24, 2.45) is 5.73 Å². The molecular weight excluding hydrogens is 314 g/mol. The standard InChI is InChI=1S/C17H22ClN3O2/c18-14-5-2-1-4-13(14)17(23)20-10-7-12(8-11-20)21-9-3-6-15(21)16(19)22/h1-2,4-5,12,15H,3,6-11H2,(H2,19,22). The van der Waals surface area contributed by atoms with E-state index in [4.69, 9.17) is 17.3 Å². The summed E-state index contributed by atoms with van der Waals surface area (Å²) in [6.45, 7) is 2.31. The van der Waals surface area contributed by atoms with Gasteiger partial charge in [-0.15, -0.1) is 0 Å². The van der Waals surface area contributed by atoms with Crippen LogP contribution < -0.4 is 5.73 Å². The number of likely N-dealkylation sites (tertiary alicyclic amines) is 2. The number of rotatable bonds is 3. The van der Waals surface area contributed by atoms with E-state index in [1.807, 2.05) is 17.0 Å². The van der Waals surface area contributed by atoms with E-state index >= 15 is 0 Å². The molecule has 2 saturated heterocycles. The number of piperidine rings is 1. The summed E-state index contributed by atoms with van der Waals surface area (Å²) in [5, 5.41) is 0.493. The lowest BCUT2D eigenvalue weighted by atomic mass is 10.0. The van der Waals surface area contributed by atoms with Crippen molar-refractivity contribution in [3.63, 3.8) is 0 Å². The topological polar surface area (TPSA) is 66.6 Å². The zero-order chi connectivity index (χ0) is 16.4. The van der Waals surface area contributed by atoms with Gasteiger partial charge in [-0.05, 0) is 44.4 Å². The minimum atomic E-state index is -0.225. The SMILES string of the molecule is NC(=O)C1CCCN1C1CCN(C(=O)c2ccccc2Cl)CC1. The number of nitrogens with two attached hydrogens (primary N) is 1. The Balaban J connectivity index is 1.61. The van der Waals surface area contributed by atoms with E-state index in [0.717, 1.165) is 32.2 Å². The molecule has 3 rings (SSSR count). The number of halogens is 1. The van der Waals surface area contributed by atoms with Crippen molar-refractivity contribution in [3.05, 3.63) is 34.9 Å². The molecule has 124 valence electrons. The summed E-state index contributed by atoms with van der Waals surface area (Å²) in [7, 11) is 0. The number of carbonyl (C=O) groups excluding carboxylic acids is 2. The molecule has 0 saturated carbocycles. The summed E-state index contributed by atoms with van der Waals surface area (Å²) in [5.74, 6) is -0.237. The fourth-order valence-electron chi connectivity index (χ4n) is 3.74. The Hall–Kier alpha value is -1.59. The summed E-state index contributed by atoms with van der Waals surface area (Å²) >= 11 is 6.12. The van der Waals surface area contributed by atoms with Crippen LogP contribution in [0, 0.1) is 0 Å². The molecule has 6 heteroatoms. The van der Waals surface area contributed by atoms with E-state index in [1.54, 1.807) is 12.1 Å². The first kappa shape index (κ1) is 16.3. The molecule has 0 aromatic heterocycles. The fourth-order valence-corrected chi connectivity index (χ4v) is 3.95. The first-order valence-electron chi connectivity index (χ1n) is 8.17. The van der Waals surface area contributed by atoms with Crippen molar-refractivity contribution in [2.75, 3.05) is 19.6 Å². The second kappa shape index (κ2) is 6.89. The van der Waals surface area contributed by atoms with Gasteiger partial charge in [0.25, 0.3) is 5.91 Å². The number of carbonyl (C=O) groups is 2. The number of benzene rings is 1. The lowest BCUT2D eigenvalue weighted by Crippen LogP contribution is -2.51. The molecule has 1 aromatic rings. The predicted octanol–water partition coefficient (Wildman–Crippen LogP) is 1.89. The van der Waals surface area contributed by atoms with Gasteiger partial charge in [-0.1, -0.05) is 23.7 Å². The third-order valence-corrected chi connectivity index (χ3v) is 5.28. The van der Waals surface area contributed by atoms with Crippen molar-refractivity contribution in [1.29, 1.82) is 0 Å². The van der Waals surface area contributed by atoms with Crippen molar-refractivity contribution >= 4 is 23.4 Å². The van der Waals surface area contributed by atoms with Crippen LogP contribution in [0.3, 0.4) is 0 Å². The van der Waals surface area contributed by atoms with Crippen LogP contribution in [0.15, 0.2) is 24.3 Å². The zero-order valence-corrected chi connectivity index (χ0v) is 13.8. The molecule has 2 aliphatic rings. The molecular formula is C17H22ClN3O2. The third-order valence-electron chi connectivity index (χ3n) is 4.95. The molecule has 0 radical (unpaired) electrons. The molecule has 0 aliphatic carbocycles. The summed E-state index contributed by atoms with van der Waals surface area (Å²) in [6.07, 6.45) is 3.63. The lowest BCUT2D eigenvalue weighted by molar-refractivity contribution is -0.123. The number of amides is 2. The monoisotopic (exact) mass is 335 g/mol. The van der Waals surface area contributed by atoms with Crippen molar-refractivity contribution in [1.82, 2.24) is 9.80 Å². The van der Waals surface area contributed by atoms with Crippen molar-refractivity contribution in [3.8, 4) is 0 Å². The van der Waals surface area contributed by atoms with E-state index in [0.29, 0.717) is 29.7 Å². The van der Waals surface area contributed by atoms with Gasteiger partial charge in [0.05, 0.1) is 16.6 Å². The number of hydrogen-bond donors (Lipinski definition) is 1. The molecule has 0 spiro atoms. The number of hydrogen-bond acceptors (Lipinski definition) is 3. The van der Waals surface area contributed by atoms with Gasteiger partial charge in [-0.2, -0.15) is 0 Å². The van der Waals surface area contributed by atoms with Crippen LogP contribution in [0.5, 0.6) is 0 Å². The average Bonchev–Trinajstić information content (AvgIpc) is 3.05. The Labute approximate surface area is 141 Å². The van der Waals surface area contributed by atoms with Crippen LogP contribution in [0.25, 0.3) is 0 Å². The average molecular weight is 336 g/mol. The smallest absolute Gasteiger partial charge is 0.255 e. The molecule has 5 nitrogen and oxygen atoms in total. The summed E-state index contributed by atoms with van der Waals surface area (Å²) in [4.78, 5) is 28.2. The molecule has 2 fully saturated rings. The van der Waals surface area contributed by atoms with E-state index in [2.05, 4.69) is 4.90 Å². The molecule has 1 aromatic carbocycles. The van der Waals surface area contributed by atoms with E-state index < -0.39 is 0 Å². The van der Waals surface area contributed by atoms with Crippen LogP contribution >= 0.6 is 11.6 Å². The number of nitrogens with zero attached hydrogens (tertiary/aromatic N) is 2. The normalized spacial score (nSPS) is 23.2. The summed E-state index contributed by atoms with van der Waals surface area (Å²) in [6, 6.07) is 7.36. The maximum Gasteiger partial charge on any atom is 0.255 e. The van der Waals surface area contributed by atoms with Gasteiger partial charge in [0.1, 0.15) is 0 Å². The highest BCUT2D eigenvalue weighted by molar-refractivity contribution is 6.33. The first-order chi connectivity index (χ1) is 11.1. The Morgan fingerprint density at radius 2 is 1.78 bits per heavy atom. The second-order valence-corrected chi connectivity index (χ2v) is 6.71. The van der Waals surface area contributed by atoms with Gasteiger partial charge in [0.2, 0.25) is 5.91 Å². The third kappa shape index (κ3) is 3.35. The second-order valence-electron chi connectivity index (χ2n) is 6.30. The van der Waals surface area contributed by atoms with Crippen molar-refractivity contribution in [2.45, 2.75) is 37.8 Å². The van der Waals surface area contributed by atoms with Gasteiger partial charge in [-0.25, -0.2) is 0 Å². The molecule has 2 heterocycles. The summed E-state index contributed by atoms with van der Waals surface area (Å²) in [5.41, 5.74) is 6.06. The Kier molecular flexibility index (Phi) is 4.87. The van der Waals surface area contributed by atoms with E-state index in [9.17, 15) is 9.59 Å². The Bertz CT molecular complexity index is 599. The van der Waals surface area contributed by atoms with Crippen LogP contribution in [-0.4, -0.2) is 53.3 Å². The molecule has 2 amide bonds. The van der Waals surface area contributed by atoms with Crippen LogP contribution in [0.4, 0.5) is 0 Å². The van der Waals surface area contributed by atoms with Gasteiger partial charge < -0.3 is 10.6 Å². The van der Waals surface area contributed by atoms with Gasteiger partial charge >= 0.3 is 0 Å². The highest BCUT2D eigenvalue weighted by atomic mass is 35.5. The molecule has 1 atom stereocenters. The minimum Gasteiger partial charge on any atom is -0.368 e. The quantitative estimate of drug-likeness (QED) is 0.917. The highest BCUT2D eigenvalue weighted by Gasteiger charge is 2.36. The maximum absolute atomic E-state index is 12.6. The predicted molar refractivity (Wildman–Crippen MR) is 89.3 cm³/mol. The van der Waals surface area contributed by atoms with Gasteiger partial charge in [0, 0.05) is 19.1 Å². The van der Waals surface area contributed by atoms with Crippen LogP contribution in [0.2, 0.25) is 5.02 Å². The van der Waals surface area contributed by atoms with Crippen LogP contribution in [-0.2, 0) is 4.79 Å². The Morgan fingerprint density at radius 3 is 2.43 bits per heavy atom. The van der Waals surface area contributed by atoms with E-state index in [1.165, 1.54) is 0 Å². The first-order valence-corrected chi connectivity index (χ1v) is 8.54. The van der Waals surface area contributed by atoms with Crippen molar-refractivity contribution < 1.29 is 9.59 Å². The molecule has 1 unspecified atom stereocenters.